The van der Waals surface area contributed by atoms with Crippen LogP contribution in [-0.4, -0.2) is 7.11 Å². The third-order valence-electron chi connectivity index (χ3n) is 3.87. The molecule has 0 saturated heterocycles. The molecule has 1 atom stereocenters. The Kier molecular flexibility index (Phi) is 4.42. The highest BCUT2D eigenvalue weighted by molar-refractivity contribution is 7.10. The smallest absolute Gasteiger partial charge is 0.134 e. The van der Waals surface area contributed by atoms with E-state index in [1.54, 1.807) is 18.4 Å². The van der Waals surface area contributed by atoms with Gasteiger partial charge >= 0.3 is 0 Å². The zero-order valence-electron chi connectivity index (χ0n) is 10.6. The molecule has 4 heteroatoms. The molecule has 96 valence electrons. The van der Waals surface area contributed by atoms with Gasteiger partial charge in [0.15, 0.2) is 0 Å². The first-order chi connectivity index (χ1) is 8.26. The Morgan fingerprint density at radius 1 is 1.41 bits per heavy atom. The van der Waals surface area contributed by atoms with Crippen molar-refractivity contribution in [2.45, 2.75) is 38.6 Å². The van der Waals surface area contributed by atoms with Gasteiger partial charge in [0.05, 0.1) is 18.0 Å². The van der Waals surface area contributed by atoms with Gasteiger partial charge in [-0.25, -0.2) is 0 Å². The second kappa shape index (κ2) is 5.85. The van der Waals surface area contributed by atoms with E-state index in [1.807, 2.05) is 6.07 Å². The van der Waals surface area contributed by atoms with E-state index >= 15 is 0 Å². The van der Waals surface area contributed by atoms with Crippen molar-refractivity contribution in [2.75, 3.05) is 7.11 Å². The van der Waals surface area contributed by atoms with Crippen molar-refractivity contribution < 1.29 is 4.74 Å². The number of ether oxygens (including phenoxy) is 1. The Hall–Kier alpha value is -0.580. The van der Waals surface area contributed by atoms with Gasteiger partial charge in [0.2, 0.25) is 0 Å². The molecule has 3 N–H and O–H groups in total. The average molecular weight is 254 g/mol. The van der Waals surface area contributed by atoms with Gasteiger partial charge in [-0.15, -0.1) is 11.3 Å². The number of nitrogens with one attached hydrogen (secondary N) is 1. The van der Waals surface area contributed by atoms with E-state index < -0.39 is 0 Å². The molecule has 0 spiro atoms. The van der Waals surface area contributed by atoms with E-state index in [0.717, 1.165) is 11.7 Å². The normalized spacial score (nSPS) is 26.8. The van der Waals surface area contributed by atoms with Crippen LogP contribution in [0.15, 0.2) is 11.4 Å². The molecular formula is C13H22N2OS. The Bertz CT molecular complexity index is 345. The highest BCUT2D eigenvalue weighted by atomic mass is 32.1. The third-order valence-corrected chi connectivity index (χ3v) is 4.85. The second-order valence-corrected chi connectivity index (χ2v) is 5.97. The van der Waals surface area contributed by atoms with E-state index in [2.05, 4.69) is 17.7 Å². The largest absolute Gasteiger partial charge is 0.496 e. The molecule has 1 heterocycles. The van der Waals surface area contributed by atoms with Crippen molar-refractivity contribution >= 4 is 11.3 Å². The summed E-state index contributed by atoms with van der Waals surface area (Å²) in [6, 6.07) is 2.27. The summed E-state index contributed by atoms with van der Waals surface area (Å²) in [6.07, 6.45) is 5.15. The molecule has 3 nitrogen and oxygen atoms in total. The van der Waals surface area contributed by atoms with Crippen LogP contribution in [0.2, 0.25) is 0 Å². The maximum Gasteiger partial charge on any atom is 0.134 e. The Morgan fingerprint density at radius 3 is 2.71 bits per heavy atom. The van der Waals surface area contributed by atoms with Gasteiger partial charge in [0, 0.05) is 0 Å². The molecule has 17 heavy (non-hydrogen) atoms. The van der Waals surface area contributed by atoms with E-state index in [-0.39, 0.29) is 6.04 Å². The van der Waals surface area contributed by atoms with Crippen molar-refractivity contribution in [3.05, 3.63) is 16.3 Å². The number of hydrogen-bond donors (Lipinski definition) is 2. The molecule has 0 bridgehead atoms. The number of hydrazine groups is 1. The molecule has 1 fully saturated rings. The molecular weight excluding hydrogens is 232 g/mol. The SMILES string of the molecule is COc1ccsc1C(NN)C1CCC(C)CC1. The first-order valence-electron chi connectivity index (χ1n) is 6.33. The fourth-order valence-electron chi connectivity index (χ4n) is 2.75. The molecule has 0 aromatic carbocycles. The molecule has 1 aromatic rings. The van der Waals surface area contributed by atoms with Crippen molar-refractivity contribution in [3.63, 3.8) is 0 Å². The van der Waals surface area contributed by atoms with E-state index in [9.17, 15) is 0 Å². The van der Waals surface area contributed by atoms with Gasteiger partial charge in [-0.2, -0.15) is 0 Å². The minimum Gasteiger partial charge on any atom is -0.496 e. The van der Waals surface area contributed by atoms with E-state index in [0.29, 0.717) is 5.92 Å². The molecule has 1 unspecified atom stereocenters. The zero-order chi connectivity index (χ0) is 12.3. The molecule has 1 aromatic heterocycles. The number of rotatable bonds is 4. The van der Waals surface area contributed by atoms with Gasteiger partial charge in [0.25, 0.3) is 0 Å². The highest BCUT2D eigenvalue weighted by Gasteiger charge is 2.29. The van der Waals surface area contributed by atoms with Crippen LogP contribution in [-0.2, 0) is 0 Å². The van der Waals surface area contributed by atoms with E-state index in [4.69, 9.17) is 10.6 Å². The lowest BCUT2D eigenvalue weighted by Gasteiger charge is -2.32. The number of nitrogens with two attached hydrogens (primary N) is 1. The quantitative estimate of drug-likeness (QED) is 0.641. The second-order valence-electron chi connectivity index (χ2n) is 5.02. The van der Waals surface area contributed by atoms with Gasteiger partial charge in [0.1, 0.15) is 5.75 Å². The van der Waals surface area contributed by atoms with Crippen LogP contribution < -0.4 is 16.0 Å². The lowest BCUT2D eigenvalue weighted by atomic mass is 9.79. The van der Waals surface area contributed by atoms with Crippen LogP contribution in [0.1, 0.15) is 43.5 Å². The Labute approximate surface area is 107 Å². The third kappa shape index (κ3) is 2.81. The molecule has 2 rings (SSSR count). The van der Waals surface area contributed by atoms with Gasteiger partial charge < -0.3 is 4.74 Å². The lowest BCUT2D eigenvalue weighted by Crippen LogP contribution is -2.34. The van der Waals surface area contributed by atoms with Crippen LogP contribution in [0.25, 0.3) is 0 Å². The van der Waals surface area contributed by atoms with Crippen LogP contribution in [0.5, 0.6) is 5.75 Å². The van der Waals surface area contributed by atoms with Gasteiger partial charge in [-0.3, -0.25) is 11.3 Å². The van der Waals surface area contributed by atoms with Gasteiger partial charge in [-0.1, -0.05) is 19.8 Å². The fraction of sp³-hybridized carbons (Fsp3) is 0.692. The highest BCUT2D eigenvalue weighted by Crippen LogP contribution is 2.41. The topological polar surface area (TPSA) is 47.3 Å². The summed E-state index contributed by atoms with van der Waals surface area (Å²) in [5.41, 5.74) is 2.99. The predicted molar refractivity (Wildman–Crippen MR) is 72.1 cm³/mol. The predicted octanol–water partition coefficient (Wildman–Crippen LogP) is 3.09. The lowest BCUT2D eigenvalue weighted by molar-refractivity contribution is 0.231. The summed E-state index contributed by atoms with van der Waals surface area (Å²) < 4.78 is 5.39. The summed E-state index contributed by atoms with van der Waals surface area (Å²) in [6.45, 7) is 2.34. The maximum atomic E-state index is 5.75. The molecule has 0 radical (unpaired) electrons. The first-order valence-corrected chi connectivity index (χ1v) is 7.21. The van der Waals surface area contributed by atoms with Crippen LogP contribution in [0, 0.1) is 11.8 Å². The minimum absolute atomic E-state index is 0.248. The molecule has 0 amide bonds. The van der Waals surface area contributed by atoms with Crippen LogP contribution in [0.3, 0.4) is 0 Å². The monoisotopic (exact) mass is 254 g/mol. The van der Waals surface area contributed by atoms with Gasteiger partial charge in [-0.05, 0) is 36.1 Å². The summed E-state index contributed by atoms with van der Waals surface area (Å²) in [5.74, 6) is 8.24. The van der Waals surface area contributed by atoms with Crippen molar-refractivity contribution in [2.24, 2.45) is 17.7 Å². The van der Waals surface area contributed by atoms with Crippen molar-refractivity contribution in [1.29, 1.82) is 0 Å². The molecule has 1 aliphatic carbocycles. The molecule has 1 aliphatic rings. The molecule has 0 aliphatic heterocycles. The zero-order valence-corrected chi connectivity index (χ0v) is 11.4. The summed E-state index contributed by atoms with van der Waals surface area (Å²) in [4.78, 5) is 1.24. The van der Waals surface area contributed by atoms with E-state index in [1.165, 1.54) is 30.6 Å². The summed E-state index contributed by atoms with van der Waals surface area (Å²) in [5, 5.41) is 2.07. The fourth-order valence-corrected chi connectivity index (χ4v) is 3.76. The van der Waals surface area contributed by atoms with Crippen molar-refractivity contribution in [1.82, 2.24) is 5.43 Å². The average Bonchev–Trinajstić information content (AvgIpc) is 2.81. The number of hydrogen-bond acceptors (Lipinski definition) is 4. The first kappa shape index (κ1) is 12.9. The van der Waals surface area contributed by atoms with Crippen LogP contribution in [0.4, 0.5) is 0 Å². The standard InChI is InChI=1S/C13H22N2OS/c1-9-3-5-10(6-4-9)12(15-14)13-11(16-2)7-8-17-13/h7-10,12,15H,3-6,14H2,1-2H3. The van der Waals surface area contributed by atoms with Crippen LogP contribution >= 0.6 is 11.3 Å². The maximum absolute atomic E-state index is 5.75. The minimum atomic E-state index is 0.248. The number of methoxy groups -OCH3 is 1. The Balaban J connectivity index is 2.10. The number of thiophene rings is 1. The molecule has 1 saturated carbocycles. The Morgan fingerprint density at radius 2 is 2.12 bits per heavy atom. The van der Waals surface area contributed by atoms with Crippen molar-refractivity contribution in [3.8, 4) is 5.75 Å². The summed E-state index contributed by atoms with van der Waals surface area (Å²) in [7, 11) is 1.72. The summed E-state index contributed by atoms with van der Waals surface area (Å²) >= 11 is 1.73.